The van der Waals surface area contributed by atoms with Gasteiger partial charge in [0.2, 0.25) is 15.1 Å². The van der Waals surface area contributed by atoms with Crippen LogP contribution in [0, 0.1) is 0 Å². The third-order valence-corrected chi connectivity index (χ3v) is 6.13. The van der Waals surface area contributed by atoms with Gasteiger partial charge in [0.1, 0.15) is 12.4 Å². The van der Waals surface area contributed by atoms with Crippen LogP contribution in [0.15, 0.2) is 21.6 Å². The Kier molecular flexibility index (Phi) is 4.21. The largest absolute Gasteiger partial charge is 0.446 e. The quantitative estimate of drug-likeness (QED) is 0.764. The first-order valence-electron chi connectivity index (χ1n) is 5.90. The molecule has 1 aliphatic rings. The molecule has 0 unspecified atom stereocenters. The predicted octanol–water partition coefficient (Wildman–Crippen LogP) is -0.962. The van der Waals surface area contributed by atoms with Gasteiger partial charge in [0.05, 0.1) is 6.26 Å². The molecule has 1 saturated heterocycles. The van der Waals surface area contributed by atoms with Crippen LogP contribution < -0.4 is 0 Å². The summed E-state index contributed by atoms with van der Waals surface area (Å²) in [4.78, 5) is 0. The lowest BCUT2D eigenvalue weighted by Gasteiger charge is -2.31. The highest BCUT2D eigenvalue weighted by atomic mass is 32.2. The number of piperazine rings is 1. The summed E-state index contributed by atoms with van der Waals surface area (Å²) in [5, 5.41) is 8.63. The number of furan rings is 1. The highest BCUT2D eigenvalue weighted by Crippen LogP contribution is 2.20. The highest BCUT2D eigenvalue weighted by molar-refractivity contribution is 7.89. The van der Waals surface area contributed by atoms with E-state index in [1.807, 2.05) is 0 Å². The van der Waals surface area contributed by atoms with E-state index in [0.717, 1.165) is 6.26 Å². The molecule has 2 heterocycles. The second-order valence-electron chi connectivity index (χ2n) is 4.44. The van der Waals surface area contributed by atoms with Gasteiger partial charge < -0.3 is 9.52 Å². The first-order valence-corrected chi connectivity index (χ1v) is 9.19. The van der Waals surface area contributed by atoms with E-state index in [1.165, 1.54) is 20.7 Å². The SMILES string of the molecule is CS(=O)(=O)N1CCN(S(=O)(=O)c2ccc(CO)o2)CC1. The van der Waals surface area contributed by atoms with E-state index in [9.17, 15) is 16.8 Å². The molecule has 0 saturated carbocycles. The number of rotatable bonds is 4. The minimum atomic E-state index is -3.79. The minimum Gasteiger partial charge on any atom is -0.446 e. The highest BCUT2D eigenvalue weighted by Gasteiger charge is 2.33. The van der Waals surface area contributed by atoms with Crippen molar-refractivity contribution in [3.63, 3.8) is 0 Å². The van der Waals surface area contributed by atoms with Crippen molar-refractivity contribution in [2.24, 2.45) is 0 Å². The normalized spacial score (nSPS) is 19.3. The van der Waals surface area contributed by atoms with Gasteiger partial charge in [-0.25, -0.2) is 16.8 Å². The first kappa shape index (κ1) is 15.4. The van der Waals surface area contributed by atoms with Crippen LogP contribution in [-0.2, 0) is 26.7 Å². The van der Waals surface area contributed by atoms with E-state index < -0.39 is 20.0 Å². The standard InChI is InChI=1S/C10H16N2O6S2/c1-19(14,15)11-4-6-12(7-5-11)20(16,17)10-3-2-9(8-13)18-10/h2-3,13H,4-8H2,1H3. The van der Waals surface area contributed by atoms with E-state index in [2.05, 4.69) is 0 Å². The maximum Gasteiger partial charge on any atom is 0.276 e. The zero-order chi connectivity index (χ0) is 15.0. The summed E-state index contributed by atoms with van der Waals surface area (Å²) >= 11 is 0. The van der Waals surface area contributed by atoms with E-state index in [-0.39, 0.29) is 43.6 Å². The smallest absolute Gasteiger partial charge is 0.276 e. The zero-order valence-corrected chi connectivity index (χ0v) is 12.5. The predicted molar refractivity (Wildman–Crippen MR) is 69.8 cm³/mol. The Hall–Kier alpha value is -0.940. The topological polar surface area (TPSA) is 108 Å². The Balaban J connectivity index is 2.13. The molecule has 114 valence electrons. The Morgan fingerprint density at radius 1 is 1.10 bits per heavy atom. The van der Waals surface area contributed by atoms with E-state index in [1.54, 1.807) is 0 Å². The number of sulfonamides is 2. The van der Waals surface area contributed by atoms with Gasteiger partial charge in [0.15, 0.2) is 0 Å². The van der Waals surface area contributed by atoms with Gasteiger partial charge in [-0.05, 0) is 12.1 Å². The molecule has 10 heteroatoms. The number of hydrogen-bond donors (Lipinski definition) is 1. The fourth-order valence-electron chi connectivity index (χ4n) is 1.95. The van der Waals surface area contributed by atoms with Crippen LogP contribution >= 0.6 is 0 Å². The third kappa shape index (κ3) is 3.04. The van der Waals surface area contributed by atoms with Gasteiger partial charge in [-0.2, -0.15) is 8.61 Å². The van der Waals surface area contributed by atoms with Gasteiger partial charge >= 0.3 is 0 Å². The van der Waals surface area contributed by atoms with Crippen molar-refractivity contribution in [3.8, 4) is 0 Å². The summed E-state index contributed by atoms with van der Waals surface area (Å²) < 4.78 is 54.7. The molecule has 0 radical (unpaired) electrons. The molecule has 1 aromatic heterocycles. The van der Waals surface area contributed by atoms with Crippen LogP contribution in [0.4, 0.5) is 0 Å². The maximum absolute atomic E-state index is 12.3. The Labute approximate surface area is 117 Å². The van der Waals surface area contributed by atoms with Crippen molar-refractivity contribution in [1.29, 1.82) is 0 Å². The van der Waals surface area contributed by atoms with E-state index >= 15 is 0 Å². The van der Waals surface area contributed by atoms with Crippen molar-refractivity contribution < 1.29 is 26.4 Å². The van der Waals surface area contributed by atoms with Crippen LogP contribution in [0.25, 0.3) is 0 Å². The fraction of sp³-hybridized carbons (Fsp3) is 0.600. The molecule has 0 spiro atoms. The second-order valence-corrected chi connectivity index (χ2v) is 8.30. The van der Waals surface area contributed by atoms with Crippen molar-refractivity contribution in [1.82, 2.24) is 8.61 Å². The van der Waals surface area contributed by atoms with Crippen molar-refractivity contribution in [2.75, 3.05) is 32.4 Å². The third-order valence-electron chi connectivity index (χ3n) is 3.05. The van der Waals surface area contributed by atoms with Gasteiger partial charge in [0.25, 0.3) is 10.0 Å². The molecular weight excluding hydrogens is 308 g/mol. The molecular formula is C10H16N2O6S2. The van der Waals surface area contributed by atoms with Crippen molar-refractivity contribution >= 4 is 20.0 Å². The van der Waals surface area contributed by atoms with Crippen LogP contribution in [0.1, 0.15) is 5.76 Å². The van der Waals surface area contributed by atoms with Crippen LogP contribution in [0.2, 0.25) is 0 Å². The molecule has 1 aliphatic heterocycles. The molecule has 2 rings (SSSR count). The molecule has 0 atom stereocenters. The Bertz CT molecular complexity index is 670. The Morgan fingerprint density at radius 3 is 2.10 bits per heavy atom. The average Bonchev–Trinajstić information content (AvgIpc) is 2.87. The van der Waals surface area contributed by atoms with Gasteiger partial charge in [0, 0.05) is 26.2 Å². The lowest BCUT2D eigenvalue weighted by Crippen LogP contribution is -2.50. The molecule has 1 N–H and O–H groups in total. The molecule has 8 nitrogen and oxygen atoms in total. The molecule has 1 aromatic rings. The average molecular weight is 324 g/mol. The fourth-order valence-corrected chi connectivity index (χ4v) is 4.13. The summed E-state index contributed by atoms with van der Waals surface area (Å²) in [5.41, 5.74) is 0. The van der Waals surface area contributed by atoms with Gasteiger partial charge in [-0.1, -0.05) is 0 Å². The molecule has 0 aromatic carbocycles. The lowest BCUT2D eigenvalue weighted by atomic mass is 10.4. The monoisotopic (exact) mass is 324 g/mol. The van der Waals surface area contributed by atoms with Crippen molar-refractivity contribution in [2.45, 2.75) is 11.7 Å². The van der Waals surface area contributed by atoms with Crippen LogP contribution in [0.5, 0.6) is 0 Å². The summed E-state index contributed by atoms with van der Waals surface area (Å²) in [6, 6.07) is 2.67. The molecule has 0 amide bonds. The zero-order valence-electron chi connectivity index (χ0n) is 10.9. The minimum absolute atomic E-state index is 0.0740. The summed E-state index contributed by atoms with van der Waals surface area (Å²) in [5.74, 6) is 0.165. The van der Waals surface area contributed by atoms with Crippen LogP contribution in [0.3, 0.4) is 0 Å². The number of nitrogens with zero attached hydrogens (tertiary/aromatic N) is 2. The van der Waals surface area contributed by atoms with Crippen LogP contribution in [-0.4, -0.2) is 63.0 Å². The van der Waals surface area contributed by atoms with E-state index in [4.69, 9.17) is 9.52 Å². The first-order chi connectivity index (χ1) is 9.25. The molecule has 0 aliphatic carbocycles. The van der Waals surface area contributed by atoms with Gasteiger partial charge in [-0.15, -0.1) is 0 Å². The summed E-state index contributed by atoms with van der Waals surface area (Å²) in [6.45, 7) is 0.00373. The molecule has 0 bridgehead atoms. The maximum atomic E-state index is 12.3. The number of aliphatic hydroxyl groups excluding tert-OH is 1. The number of hydrogen-bond acceptors (Lipinski definition) is 6. The molecule has 20 heavy (non-hydrogen) atoms. The summed E-state index contributed by atoms with van der Waals surface area (Å²) in [6.07, 6.45) is 1.09. The number of aliphatic hydroxyl groups is 1. The lowest BCUT2D eigenvalue weighted by molar-refractivity contribution is 0.232. The van der Waals surface area contributed by atoms with Crippen molar-refractivity contribution in [3.05, 3.63) is 17.9 Å². The molecule has 1 fully saturated rings. The summed E-state index contributed by atoms with van der Waals surface area (Å²) in [7, 11) is -7.09. The van der Waals surface area contributed by atoms with E-state index in [0.29, 0.717) is 0 Å². The second kappa shape index (κ2) is 5.45. The Morgan fingerprint density at radius 2 is 1.65 bits per heavy atom. The van der Waals surface area contributed by atoms with Gasteiger partial charge in [-0.3, -0.25) is 0 Å².